The van der Waals surface area contributed by atoms with Gasteiger partial charge in [0.15, 0.2) is 0 Å². The van der Waals surface area contributed by atoms with Crippen LogP contribution in [0.3, 0.4) is 0 Å². The number of rotatable bonds is 4. The van der Waals surface area contributed by atoms with E-state index < -0.39 is 5.97 Å². The summed E-state index contributed by atoms with van der Waals surface area (Å²) in [4.78, 5) is 10.9. The number of nitrogens with zero attached hydrogens (tertiary/aromatic N) is 1. The predicted molar refractivity (Wildman–Crippen MR) is 59.0 cm³/mol. The maximum absolute atomic E-state index is 10.9. The lowest BCUT2D eigenvalue weighted by atomic mass is 9.71. The van der Waals surface area contributed by atoms with Crippen LogP contribution in [0.1, 0.15) is 38.5 Å². The molecule has 1 fully saturated rings. The van der Waals surface area contributed by atoms with Gasteiger partial charge in [0.05, 0.1) is 27.1 Å². The molecule has 0 heterocycles. The van der Waals surface area contributed by atoms with E-state index >= 15 is 0 Å². The molecule has 1 N–H and O–H groups in total. The van der Waals surface area contributed by atoms with Crippen LogP contribution in [-0.2, 0) is 4.79 Å². The minimum absolute atomic E-state index is 0.0671. The lowest BCUT2D eigenvalue weighted by Gasteiger charge is -2.40. The molecule has 86 valence electrons. The van der Waals surface area contributed by atoms with Crippen molar-refractivity contribution in [3.63, 3.8) is 0 Å². The highest BCUT2D eigenvalue weighted by molar-refractivity contribution is 5.67. The Kier molecular flexibility index (Phi) is 3.77. The van der Waals surface area contributed by atoms with Gasteiger partial charge in [0.1, 0.15) is 0 Å². The summed E-state index contributed by atoms with van der Waals surface area (Å²) in [5.41, 5.74) is -0.0671. The Hall–Kier alpha value is -0.570. The van der Waals surface area contributed by atoms with Crippen LogP contribution in [-0.4, -0.2) is 36.2 Å². The van der Waals surface area contributed by atoms with Crippen LogP contribution < -0.4 is 0 Å². The van der Waals surface area contributed by atoms with Gasteiger partial charge in [-0.25, -0.2) is 0 Å². The van der Waals surface area contributed by atoms with E-state index in [1.807, 2.05) is 14.1 Å². The molecule has 0 saturated heterocycles. The first-order valence-electron chi connectivity index (χ1n) is 5.66. The van der Waals surface area contributed by atoms with E-state index in [-0.39, 0.29) is 11.8 Å². The Labute approximate surface area is 92.7 Å². The van der Waals surface area contributed by atoms with Gasteiger partial charge >= 0.3 is 5.97 Å². The van der Waals surface area contributed by atoms with Crippen LogP contribution in [0.15, 0.2) is 0 Å². The zero-order chi connectivity index (χ0) is 11.5. The fraction of sp³-hybridized carbons (Fsp3) is 0.833. The van der Waals surface area contributed by atoms with Gasteiger partial charge in [-0.3, -0.25) is 4.79 Å². The first-order valence-corrected chi connectivity index (χ1v) is 5.66. The Balaban J connectivity index is 2.70. The molecule has 0 amide bonds. The maximum Gasteiger partial charge on any atom is 0.304 e. The zero-order valence-electron chi connectivity index (χ0n) is 9.83. The molecular weight excluding hydrogens is 190 g/mol. The summed E-state index contributed by atoms with van der Waals surface area (Å²) < 4.78 is 0.368. The summed E-state index contributed by atoms with van der Waals surface area (Å²) >= 11 is 0. The van der Waals surface area contributed by atoms with Gasteiger partial charge in [-0.15, -0.1) is 0 Å². The minimum atomic E-state index is -0.689. The smallest absolute Gasteiger partial charge is 0.304 e. The largest absolute Gasteiger partial charge is 0.481 e. The average molecular weight is 212 g/mol. The lowest BCUT2D eigenvalue weighted by Crippen LogP contribution is -2.45. The van der Waals surface area contributed by atoms with Gasteiger partial charge < -0.3 is 9.59 Å². The molecule has 0 aromatic rings. The molecule has 0 aromatic heterocycles. The van der Waals surface area contributed by atoms with Gasteiger partial charge in [0, 0.05) is 5.41 Å². The Morgan fingerprint density at radius 3 is 2.27 bits per heavy atom. The van der Waals surface area contributed by atoms with E-state index in [4.69, 9.17) is 12.2 Å². The third kappa shape index (κ3) is 4.20. The van der Waals surface area contributed by atoms with E-state index in [9.17, 15) is 4.79 Å². The summed E-state index contributed by atoms with van der Waals surface area (Å²) in [5.74, 6) is -0.689. The second kappa shape index (κ2) is 4.52. The first kappa shape index (κ1) is 12.5. The molecule has 0 spiro atoms. The second-order valence-electron chi connectivity index (χ2n) is 5.57. The van der Waals surface area contributed by atoms with Crippen LogP contribution >= 0.6 is 0 Å². The molecule has 0 unspecified atom stereocenters. The van der Waals surface area contributed by atoms with Crippen LogP contribution in [0.2, 0.25) is 0 Å². The van der Waals surface area contributed by atoms with Crippen molar-refractivity contribution in [1.82, 2.24) is 0 Å². The van der Waals surface area contributed by atoms with Gasteiger partial charge in [-0.1, -0.05) is 19.3 Å². The van der Waals surface area contributed by atoms with E-state index in [1.165, 1.54) is 6.42 Å². The zero-order valence-corrected chi connectivity index (χ0v) is 9.83. The number of carboxylic acids is 1. The Bertz CT molecular complexity index is 224. The molecule has 1 rings (SSSR count). The molecule has 3 heteroatoms. The summed E-state index contributed by atoms with van der Waals surface area (Å²) in [6.07, 6.45) is 5.82. The van der Waals surface area contributed by atoms with Crippen molar-refractivity contribution < 1.29 is 14.4 Å². The fourth-order valence-corrected chi connectivity index (χ4v) is 2.88. The SMILES string of the molecule is [CH][N+](C)(C)CC1(CC(=O)O)CCCCC1. The van der Waals surface area contributed by atoms with Crippen LogP contribution in [0.5, 0.6) is 0 Å². The number of aliphatic carboxylic acids is 1. The standard InChI is InChI=1S/C12H22NO2/c1-13(2,3)10-12(9-11(14)15)7-5-4-6-8-12/h1H,4-10H2,2-3H3,(H,14,15)/q+1. The summed E-state index contributed by atoms with van der Waals surface area (Å²) in [7, 11) is 9.83. The summed E-state index contributed by atoms with van der Waals surface area (Å²) in [5, 5.41) is 8.98. The van der Waals surface area contributed by atoms with Gasteiger partial charge in [-0.2, -0.15) is 0 Å². The molecule has 1 aliphatic carbocycles. The Morgan fingerprint density at radius 2 is 1.87 bits per heavy atom. The van der Waals surface area contributed by atoms with Gasteiger partial charge in [-0.05, 0) is 12.8 Å². The van der Waals surface area contributed by atoms with E-state index in [1.54, 1.807) is 0 Å². The minimum Gasteiger partial charge on any atom is -0.481 e. The summed E-state index contributed by atoms with van der Waals surface area (Å²) in [6.45, 7) is 0.763. The predicted octanol–water partition coefficient (Wildman–Crippen LogP) is 2.16. The number of hydrogen-bond acceptors (Lipinski definition) is 1. The Morgan fingerprint density at radius 1 is 1.33 bits per heavy atom. The van der Waals surface area contributed by atoms with E-state index in [0.29, 0.717) is 4.48 Å². The molecule has 0 atom stereocenters. The second-order valence-corrected chi connectivity index (χ2v) is 5.57. The number of quaternary nitrogens is 1. The molecule has 0 aliphatic heterocycles. The quantitative estimate of drug-likeness (QED) is 0.725. The van der Waals surface area contributed by atoms with Crippen molar-refractivity contribution in [1.29, 1.82) is 0 Å². The van der Waals surface area contributed by atoms with Crippen molar-refractivity contribution >= 4 is 5.97 Å². The average Bonchev–Trinajstić information content (AvgIpc) is 1.99. The topological polar surface area (TPSA) is 37.3 Å². The van der Waals surface area contributed by atoms with Crippen LogP contribution in [0, 0.1) is 12.5 Å². The van der Waals surface area contributed by atoms with Crippen molar-refractivity contribution in [3.8, 4) is 0 Å². The number of carbonyl (C=O) groups is 1. The first-order chi connectivity index (χ1) is 6.83. The van der Waals surface area contributed by atoms with Crippen molar-refractivity contribution in [3.05, 3.63) is 7.05 Å². The molecule has 1 saturated carbocycles. The molecule has 2 radical (unpaired) electrons. The third-order valence-electron chi connectivity index (χ3n) is 3.18. The highest BCUT2D eigenvalue weighted by Crippen LogP contribution is 2.40. The molecule has 0 bridgehead atoms. The monoisotopic (exact) mass is 212 g/mol. The molecule has 0 aromatic carbocycles. The van der Waals surface area contributed by atoms with Crippen LogP contribution in [0.4, 0.5) is 0 Å². The molecule has 3 nitrogen and oxygen atoms in total. The third-order valence-corrected chi connectivity index (χ3v) is 3.18. The van der Waals surface area contributed by atoms with Crippen molar-refractivity contribution in [2.45, 2.75) is 38.5 Å². The number of hydrogen-bond donors (Lipinski definition) is 1. The summed E-state index contributed by atoms with van der Waals surface area (Å²) in [6, 6.07) is 0. The molecular formula is C12H22NO2+. The van der Waals surface area contributed by atoms with Crippen molar-refractivity contribution in [2.75, 3.05) is 20.6 Å². The fourth-order valence-electron chi connectivity index (χ4n) is 2.88. The van der Waals surface area contributed by atoms with Gasteiger partial charge in [0.25, 0.3) is 0 Å². The number of carboxylic acid groups (broad SMARTS) is 1. The highest BCUT2D eigenvalue weighted by Gasteiger charge is 2.39. The molecule has 15 heavy (non-hydrogen) atoms. The van der Waals surface area contributed by atoms with E-state index in [0.717, 1.165) is 32.2 Å². The maximum atomic E-state index is 10.9. The molecule has 1 aliphatic rings. The normalized spacial score (nSPS) is 21.3. The van der Waals surface area contributed by atoms with Crippen LogP contribution in [0.25, 0.3) is 0 Å². The lowest BCUT2D eigenvalue weighted by molar-refractivity contribution is -0.853. The highest BCUT2D eigenvalue weighted by atomic mass is 16.4. The van der Waals surface area contributed by atoms with E-state index in [2.05, 4.69) is 0 Å². The van der Waals surface area contributed by atoms with Gasteiger partial charge in [0.2, 0.25) is 7.05 Å². The van der Waals surface area contributed by atoms with Crippen molar-refractivity contribution in [2.24, 2.45) is 5.41 Å².